The molecule has 8 nitrogen and oxygen atoms in total. The summed E-state index contributed by atoms with van der Waals surface area (Å²) in [5.41, 5.74) is 6.91. The first-order valence-corrected chi connectivity index (χ1v) is 13.6. The molecular weight excluding hydrogens is 532 g/mol. The van der Waals surface area contributed by atoms with E-state index in [4.69, 9.17) is 9.97 Å². The Bertz CT molecular complexity index is 1910. The molecule has 40 heavy (non-hydrogen) atoms. The fraction of sp³-hybridized carbons (Fsp3) is 0.207. The number of nitrogens with one attached hydrogen (secondary N) is 2. The Kier molecular flexibility index (Phi) is 5.79. The van der Waals surface area contributed by atoms with Gasteiger partial charge in [-0.3, -0.25) is 19.8 Å². The van der Waals surface area contributed by atoms with Gasteiger partial charge in [0.1, 0.15) is 5.52 Å². The highest BCUT2D eigenvalue weighted by Crippen LogP contribution is 2.35. The number of thiophene rings is 1. The first-order chi connectivity index (χ1) is 19.3. The molecule has 0 unspecified atom stereocenters. The largest absolute Gasteiger partial charge is 0.336 e. The molecule has 1 fully saturated rings. The van der Waals surface area contributed by atoms with E-state index in [9.17, 15) is 13.6 Å². The maximum atomic E-state index is 13.6. The number of likely N-dealkylation sites (tertiary alicyclic amines) is 1. The minimum Gasteiger partial charge on any atom is -0.336 e. The van der Waals surface area contributed by atoms with E-state index >= 15 is 0 Å². The lowest BCUT2D eigenvalue weighted by atomic mass is 10.1. The number of pyridine rings is 2. The predicted octanol–water partition coefficient (Wildman–Crippen LogP) is 6.34. The molecule has 1 aliphatic rings. The Hall–Kier alpha value is -4.35. The number of benzene rings is 1. The average Bonchev–Trinajstić information content (AvgIpc) is 3.73. The predicted molar refractivity (Wildman–Crippen MR) is 150 cm³/mol. The number of fused-ring (bicyclic) bond motifs is 2. The Morgan fingerprint density at radius 1 is 1.07 bits per heavy atom. The minimum absolute atomic E-state index is 0.0364. The zero-order chi connectivity index (χ0) is 27.4. The minimum atomic E-state index is -2.63. The van der Waals surface area contributed by atoms with E-state index in [2.05, 4.69) is 20.2 Å². The van der Waals surface area contributed by atoms with E-state index in [0.29, 0.717) is 40.7 Å². The summed E-state index contributed by atoms with van der Waals surface area (Å²) >= 11 is 1.44. The number of H-pyrrole nitrogens is 2. The third-order valence-electron chi connectivity index (χ3n) is 7.11. The van der Waals surface area contributed by atoms with Crippen LogP contribution < -0.4 is 0 Å². The van der Waals surface area contributed by atoms with Gasteiger partial charge >= 0.3 is 0 Å². The molecule has 2 N–H and O–H groups in total. The highest BCUT2D eigenvalue weighted by Gasteiger charge is 2.37. The quantitative estimate of drug-likeness (QED) is 0.233. The number of rotatable bonds is 6. The molecule has 1 aliphatic heterocycles. The van der Waals surface area contributed by atoms with E-state index < -0.39 is 5.92 Å². The normalized spacial score (nSPS) is 15.4. The number of hydrogen-bond donors (Lipinski definition) is 2. The average molecular weight is 556 g/mol. The molecule has 0 radical (unpaired) electrons. The zero-order valence-electron chi connectivity index (χ0n) is 21.4. The summed E-state index contributed by atoms with van der Waals surface area (Å²) in [6.45, 7) is 2.11. The van der Waals surface area contributed by atoms with Crippen LogP contribution in [0, 0.1) is 0 Å². The topological polar surface area (TPSA) is 103 Å². The summed E-state index contributed by atoms with van der Waals surface area (Å²) in [6.07, 6.45) is 3.32. The van der Waals surface area contributed by atoms with Crippen LogP contribution in [-0.4, -0.2) is 59.8 Å². The van der Waals surface area contributed by atoms with Crippen LogP contribution >= 0.6 is 11.3 Å². The van der Waals surface area contributed by atoms with Gasteiger partial charge in [-0.15, -0.1) is 11.3 Å². The van der Waals surface area contributed by atoms with Crippen LogP contribution in [0.5, 0.6) is 0 Å². The number of ketones is 1. The van der Waals surface area contributed by atoms with Gasteiger partial charge in [-0.05, 0) is 48.9 Å². The van der Waals surface area contributed by atoms with Gasteiger partial charge < -0.3 is 4.98 Å². The van der Waals surface area contributed by atoms with Crippen LogP contribution in [0.25, 0.3) is 55.3 Å². The highest BCUT2D eigenvalue weighted by molar-refractivity contribution is 7.17. The number of para-hydroxylation sites is 1. The first kappa shape index (κ1) is 24.7. The highest BCUT2D eigenvalue weighted by atomic mass is 32.1. The van der Waals surface area contributed by atoms with Crippen LogP contribution in [0.15, 0.2) is 60.9 Å². The maximum absolute atomic E-state index is 13.6. The molecule has 1 saturated heterocycles. The Balaban J connectivity index is 1.24. The summed E-state index contributed by atoms with van der Waals surface area (Å²) < 4.78 is 27.3. The number of aromatic nitrogens is 6. The van der Waals surface area contributed by atoms with Gasteiger partial charge in [0.15, 0.2) is 17.3 Å². The molecule has 6 heterocycles. The second kappa shape index (κ2) is 9.39. The van der Waals surface area contributed by atoms with E-state index in [1.165, 1.54) is 11.3 Å². The lowest BCUT2D eigenvalue weighted by Gasteiger charge is -2.15. The fourth-order valence-electron chi connectivity index (χ4n) is 5.15. The molecular formula is C29H23F2N7OS. The molecule has 0 saturated carbocycles. The smallest absolute Gasteiger partial charge is 0.261 e. The van der Waals surface area contributed by atoms with Gasteiger partial charge in [0.05, 0.1) is 33.7 Å². The van der Waals surface area contributed by atoms with Gasteiger partial charge in [-0.2, -0.15) is 5.10 Å². The van der Waals surface area contributed by atoms with Crippen molar-refractivity contribution in [1.82, 2.24) is 35.0 Å². The Labute approximate surface area is 231 Å². The van der Waals surface area contributed by atoms with Crippen molar-refractivity contribution < 1.29 is 13.6 Å². The molecule has 0 amide bonds. The number of nitrogens with zero attached hydrogens (tertiary/aromatic N) is 5. The lowest BCUT2D eigenvalue weighted by Crippen LogP contribution is -2.24. The molecule has 0 spiro atoms. The second-order valence-electron chi connectivity index (χ2n) is 10.1. The second-order valence-corrected chi connectivity index (χ2v) is 11.2. The molecule has 11 heteroatoms. The van der Waals surface area contributed by atoms with Gasteiger partial charge in [0.25, 0.3) is 5.92 Å². The van der Waals surface area contributed by atoms with E-state index in [1.807, 2.05) is 48.5 Å². The van der Waals surface area contributed by atoms with Gasteiger partial charge in [-0.25, -0.2) is 18.7 Å². The summed E-state index contributed by atoms with van der Waals surface area (Å²) in [7, 11) is 0. The Morgan fingerprint density at radius 2 is 1.98 bits per heavy atom. The number of hydrogen-bond acceptors (Lipinski definition) is 7. The molecule has 7 rings (SSSR count). The molecule has 0 bridgehead atoms. The third-order valence-corrected chi connectivity index (χ3v) is 8.33. The molecule has 6 aromatic rings. The van der Waals surface area contributed by atoms with Gasteiger partial charge in [-0.1, -0.05) is 12.1 Å². The summed E-state index contributed by atoms with van der Waals surface area (Å²) in [5.74, 6) is -2.02. The number of imidazole rings is 1. The van der Waals surface area contributed by atoms with Crippen molar-refractivity contribution in [3.8, 4) is 33.2 Å². The SMILES string of the molecule is CC(=O)c1ccc(-c2cccc3[nH]c(-c4n[nH]c5ccc(-c6cncc(CN7CCC(F)(F)C7)c6)nc45)nc23)s1. The van der Waals surface area contributed by atoms with Crippen molar-refractivity contribution in [2.24, 2.45) is 0 Å². The summed E-state index contributed by atoms with van der Waals surface area (Å²) in [5, 5.41) is 7.55. The summed E-state index contributed by atoms with van der Waals surface area (Å²) in [6, 6.07) is 15.4. The van der Waals surface area contributed by atoms with Crippen molar-refractivity contribution in [3.63, 3.8) is 0 Å². The number of aromatic amines is 2. The number of alkyl halides is 2. The first-order valence-electron chi connectivity index (χ1n) is 12.8. The number of carbonyl (C=O) groups excluding carboxylic acids is 1. The van der Waals surface area contributed by atoms with Crippen molar-refractivity contribution in [2.75, 3.05) is 13.1 Å². The van der Waals surface area contributed by atoms with Crippen LogP contribution in [-0.2, 0) is 6.54 Å². The van der Waals surface area contributed by atoms with Crippen LogP contribution in [0.4, 0.5) is 8.78 Å². The van der Waals surface area contributed by atoms with Crippen LogP contribution in [0.1, 0.15) is 28.6 Å². The van der Waals surface area contributed by atoms with E-state index in [0.717, 1.165) is 38.1 Å². The molecule has 1 aromatic carbocycles. The zero-order valence-corrected chi connectivity index (χ0v) is 22.2. The molecule has 0 atom stereocenters. The summed E-state index contributed by atoms with van der Waals surface area (Å²) in [4.78, 5) is 32.7. The van der Waals surface area contributed by atoms with Crippen molar-refractivity contribution in [2.45, 2.75) is 25.8 Å². The number of Topliss-reactive ketones (excluding diaryl/α,β-unsaturated/α-hetero) is 1. The Morgan fingerprint density at radius 3 is 2.77 bits per heavy atom. The van der Waals surface area contributed by atoms with E-state index in [1.54, 1.807) is 24.2 Å². The number of carbonyl (C=O) groups is 1. The van der Waals surface area contributed by atoms with Crippen molar-refractivity contribution >= 4 is 39.2 Å². The standard InChI is InChI=1S/C29H23F2N7OS/c1-16(39)23-7-8-24(40-23)19-3-2-4-21-25(19)35-28(34-21)27-26-22(36-37-27)6-5-20(33-26)18-11-17(12-32-13-18)14-38-10-9-29(30,31)15-38/h2-8,11-13H,9-10,14-15H2,1H3,(H,34,35)(H,36,37). The van der Waals surface area contributed by atoms with Crippen molar-refractivity contribution in [1.29, 1.82) is 0 Å². The number of halogens is 2. The van der Waals surface area contributed by atoms with Crippen molar-refractivity contribution in [3.05, 3.63) is 71.4 Å². The van der Waals surface area contributed by atoms with Gasteiger partial charge in [0.2, 0.25) is 0 Å². The van der Waals surface area contributed by atoms with E-state index in [-0.39, 0.29) is 18.7 Å². The maximum Gasteiger partial charge on any atom is 0.261 e. The van der Waals surface area contributed by atoms with Crippen LogP contribution in [0.2, 0.25) is 0 Å². The molecule has 5 aromatic heterocycles. The lowest BCUT2D eigenvalue weighted by molar-refractivity contribution is 0.0115. The molecule has 200 valence electrons. The monoisotopic (exact) mass is 555 g/mol. The van der Waals surface area contributed by atoms with Crippen LogP contribution in [0.3, 0.4) is 0 Å². The van der Waals surface area contributed by atoms with Gasteiger partial charge in [0, 0.05) is 47.9 Å². The molecule has 0 aliphatic carbocycles. The third kappa shape index (κ3) is 4.46. The fourth-order valence-corrected chi connectivity index (χ4v) is 6.08.